The van der Waals surface area contributed by atoms with Crippen LogP contribution in [0.15, 0.2) is 23.0 Å². The number of fused-ring (bicyclic) bond motifs is 2. The molecule has 2 fully saturated rings. The molecular formula is C25H30N6O6. The third-order valence-corrected chi connectivity index (χ3v) is 7.38. The van der Waals surface area contributed by atoms with E-state index >= 15 is 0 Å². The number of hydrogen-bond acceptors (Lipinski definition) is 10. The van der Waals surface area contributed by atoms with Gasteiger partial charge in [-0.3, -0.25) is 14.5 Å². The van der Waals surface area contributed by atoms with Gasteiger partial charge in [-0.1, -0.05) is 0 Å². The first-order chi connectivity index (χ1) is 18.1. The molecule has 3 aliphatic heterocycles. The van der Waals surface area contributed by atoms with Crippen LogP contribution >= 0.6 is 0 Å². The van der Waals surface area contributed by atoms with E-state index in [9.17, 15) is 9.59 Å². The highest BCUT2D eigenvalue weighted by Crippen LogP contribution is 2.37. The molecule has 2 saturated heterocycles. The van der Waals surface area contributed by atoms with Gasteiger partial charge < -0.3 is 23.9 Å². The van der Waals surface area contributed by atoms with Crippen molar-refractivity contribution in [3.63, 3.8) is 0 Å². The van der Waals surface area contributed by atoms with Crippen molar-refractivity contribution in [1.29, 1.82) is 0 Å². The zero-order valence-electron chi connectivity index (χ0n) is 20.7. The predicted molar refractivity (Wildman–Crippen MR) is 130 cm³/mol. The average molecular weight is 511 g/mol. The van der Waals surface area contributed by atoms with E-state index in [0.717, 1.165) is 24.8 Å². The molecule has 0 amide bonds. The van der Waals surface area contributed by atoms with E-state index in [1.165, 1.54) is 0 Å². The molecule has 1 N–H and O–H groups in total. The standard InChI is InChI=1S/C25H30N6O6/c1-2-34-25(33)15-5-7-30(8-6-15)22(23-27-28-29-31(23)13-17-4-3-9-35-17)18-10-16-11-20-21(37-14-36-20)12-19(16)26-24(18)32/h10-12,15,17,22H,2-9,13-14H2,1H3,(H,26,32)/t17-,22+/m0/s1. The molecule has 0 aliphatic carbocycles. The Morgan fingerprint density at radius 1 is 1.19 bits per heavy atom. The van der Waals surface area contributed by atoms with Crippen molar-refractivity contribution in [2.45, 2.75) is 51.3 Å². The highest BCUT2D eigenvalue weighted by Gasteiger charge is 2.36. The number of hydrogen-bond donors (Lipinski definition) is 1. The maximum absolute atomic E-state index is 13.5. The number of H-pyrrole nitrogens is 1. The van der Waals surface area contributed by atoms with E-state index in [4.69, 9.17) is 18.9 Å². The van der Waals surface area contributed by atoms with Crippen LogP contribution in [0.25, 0.3) is 10.9 Å². The smallest absolute Gasteiger partial charge is 0.309 e. The van der Waals surface area contributed by atoms with E-state index < -0.39 is 6.04 Å². The SMILES string of the molecule is CCOC(=O)C1CCN([C@H](c2cc3cc4c(cc3[nH]c2=O)OCO4)c2nnnn2C[C@@H]2CCCO2)CC1. The van der Waals surface area contributed by atoms with Gasteiger partial charge in [-0.15, -0.1) is 5.10 Å². The summed E-state index contributed by atoms with van der Waals surface area (Å²) >= 11 is 0. The Balaban J connectivity index is 1.38. The molecule has 3 aliphatic rings. The van der Waals surface area contributed by atoms with E-state index in [0.29, 0.717) is 67.5 Å². The minimum Gasteiger partial charge on any atom is -0.466 e. The number of piperidine rings is 1. The van der Waals surface area contributed by atoms with E-state index in [2.05, 4.69) is 25.4 Å². The monoisotopic (exact) mass is 510 g/mol. The second kappa shape index (κ2) is 10.1. The van der Waals surface area contributed by atoms with Crippen LogP contribution in [-0.2, 0) is 20.8 Å². The first kappa shape index (κ1) is 23.9. The average Bonchev–Trinajstić information content (AvgIpc) is 3.67. The number of tetrazole rings is 1. The van der Waals surface area contributed by atoms with E-state index in [-0.39, 0.29) is 30.3 Å². The molecule has 0 saturated carbocycles. The third-order valence-electron chi connectivity index (χ3n) is 7.38. The van der Waals surface area contributed by atoms with Gasteiger partial charge in [0.25, 0.3) is 5.56 Å². The van der Waals surface area contributed by atoms with Crippen molar-refractivity contribution >= 4 is 16.9 Å². The number of nitrogens with one attached hydrogen (secondary N) is 1. The molecule has 2 aromatic heterocycles. The lowest BCUT2D eigenvalue weighted by Crippen LogP contribution is -2.42. The predicted octanol–water partition coefficient (Wildman–Crippen LogP) is 1.79. The largest absolute Gasteiger partial charge is 0.466 e. The fourth-order valence-corrected chi connectivity index (χ4v) is 5.49. The Kier molecular flexibility index (Phi) is 6.51. The quantitative estimate of drug-likeness (QED) is 0.469. The number of ether oxygens (including phenoxy) is 4. The van der Waals surface area contributed by atoms with Crippen LogP contribution in [0, 0.1) is 5.92 Å². The Morgan fingerprint density at radius 2 is 2.00 bits per heavy atom. The summed E-state index contributed by atoms with van der Waals surface area (Å²) in [5.41, 5.74) is 0.969. The molecule has 0 unspecified atom stereocenters. The van der Waals surface area contributed by atoms with Crippen molar-refractivity contribution < 1.29 is 23.7 Å². The lowest BCUT2D eigenvalue weighted by Gasteiger charge is -2.36. The molecular weight excluding hydrogens is 480 g/mol. The molecule has 12 heteroatoms. The maximum Gasteiger partial charge on any atom is 0.309 e. The maximum atomic E-state index is 13.5. The van der Waals surface area contributed by atoms with Crippen LogP contribution in [0.5, 0.6) is 11.5 Å². The molecule has 37 heavy (non-hydrogen) atoms. The summed E-state index contributed by atoms with van der Waals surface area (Å²) in [6.45, 7) is 4.77. The van der Waals surface area contributed by atoms with E-state index in [1.807, 2.05) is 19.1 Å². The number of benzene rings is 1. The molecule has 5 heterocycles. The van der Waals surface area contributed by atoms with Gasteiger partial charge in [-0.25, -0.2) is 4.68 Å². The van der Waals surface area contributed by atoms with Crippen LogP contribution in [0.4, 0.5) is 0 Å². The van der Waals surface area contributed by atoms with Crippen LogP contribution in [0.3, 0.4) is 0 Å². The lowest BCUT2D eigenvalue weighted by atomic mass is 9.94. The molecule has 6 rings (SSSR count). The zero-order valence-corrected chi connectivity index (χ0v) is 20.7. The number of aromatic amines is 1. The second-order valence-corrected chi connectivity index (χ2v) is 9.67. The number of nitrogens with zero attached hydrogens (tertiary/aromatic N) is 5. The first-order valence-electron chi connectivity index (χ1n) is 12.9. The van der Waals surface area contributed by atoms with E-state index in [1.54, 1.807) is 10.7 Å². The number of esters is 1. The fraction of sp³-hybridized carbons (Fsp3) is 0.560. The van der Waals surface area contributed by atoms with Crippen LogP contribution in [0.1, 0.15) is 50.0 Å². The minimum atomic E-state index is -0.502. The van der Waals surface area contributed by atoms with Crippen LogP contribution < -0.4 is 15.0 Å². The summed E-state index contributed by atoms with van der Waals surface area (Å²) in [4.78, 5) is 31.0. The Labute approximate surface area is 212 Å². The molecule has 196 valence electrons. The number of carbonyl (C=O) groups excluding carboxylic acids is 1. The zero-order chi connectivity index (χ0) is 25.4. The van der Waals surface area contributed by atoms with Gasteiger partial charge >= 0.3 is 5.97 Å². The topological polar surface area (TPSA) is 134 Å². The number of aromatic nitrogens is 5. The highest BCUT2D eigenvalue weighted by molar-refractivity contribution is 5.83. The van der Waals surface area contributed by atoms with Gasteiger partial charge in [0.05, 0.1) is 30.7 Å². The number of likely N-dealkylation sites (tertiary alicyclic amines) is 1. The molecule has 0 bridgehead atoms. The van der Waals surface area contributed by atoms with Gasteiger partial charge in [0.1, 0.15) is 6.04 Å². The summed E-state index contributed by atoms with van der Waals surface area (Å²) < 4.78 is 23.8. The molecule has 0 spiro atoms. The van der Waals surface area contributed by atoms with Gasteiger partial charge in [0, 0.05) is 36.7 Å². The summed E-state index contributed by atoms with van der Waals surface area (Å²) in [7, 11) is 0. The van der Waals surface area contributed by atoms with Gasteiger partial charge in [-0.2, -0.15) is 0 Å². The highest BCUT2D eigenvalue weighted by atomic mass is 16.7. The van der Waals surface area contributed by atoms with Crippen LogP contribution in [-0.4, -0.2) is 75.3 Å². The number of pyridine rings is 1. The van der Waals surface area contributed by atoms with Gasteiger partial charge in [0.15, 0.2) is 17.3 Å². The van der Waals surface area contributed by atoms with Crippen molar-refractivity contribution in [2.24, 2.45) is 5.92 Å². The Hall–Kier alpha value is -3.51. The Morgan fingerprint density at radius 3 is 2.76 bits per heavy atom. The third kappa shape index (κ3) is 4.66. The summed E-state index contributed by atoms with van der Waals surface area (Å²) in [6.07, 6.45) is 3.25. The molecule has 3 aromatic rings. The molecule has 12 nitrogen and oxygen atoms in total. The molecule has 2 atom stereocenters. The van der Waals surface area contributed by atoms with Crippen molar-refractivity contribution in [3.05, 3.63) is 39.9 Å². The normalized spacial score (nSPS) is 20.9. The minimum absolute atomic E-state index is 0.0343. The summed E-state index contributed by atoms with van der Waals surface area (Å²) in [5, 5.41) is 13.4. The Bertz CT molecular complexity index is 1340. The number of carbonyl (C=O) groups is 1. The van der Waals surface area contributed by atoms with Crippen molar-refractivity contribution in [2.75, 3.05) is 33.1 Å². The molecule has 1 aromatic carbocycles. The van der Waals surface area contributed by atoms with Crippen molar-refractivity contribution in [3.8, 4) is 11.5 Å². The molecule has 0 radical (unpaired) electrons. The van der Waals surface area contributed by atoms with Gasteiger partial charge in [-0.05, 0) is 55.2 Å². The lowest BCUT2D eigenvalue weighted by molar-refractivity contribution is -0.149. The summed E-state index contributed by atoms with van der Waals surface area (Å²) in [6, 6.07) is 5.03. The summed E-state index contributed by atoms with van der Waals surface area (Å²) in [5.74, 6) is 1.50. The first-order valence-corrected chi connectivity index (χ1v) is 12.9. The fourth-order valence-electron chi connectivity index (χ4n) is 5.49. The van der Waals surface area contributed by atoms with Crippen molar-refractivity contribution in [1.82, 2.24) is 30.1 Å². The number of rotatable bonds is 7. The van der Waals surface area contributed by atoms with Gasteiger partial charge in [0.2, 0.25) is 6.79 Å². The second-order valence-electron chi connectivity index (χ2n) is 9.67. The van der Waals surface area contributed by atoms with Crippen LogP contribution in [0.2, 0.25) is 0 Å².